The third-order valence-corrected chi connectivity index (χ3v) is 5.72. The van der Waals surface area contributed by atoms with E-state index in [2.05, 4.69) is 15.2 Å². The number of hydrogen-bond donors (Lipinski definition) is 1. The lowest BCUT2D eigenvalue weighted by molar-refractivity contribution is -0.274. The molecule has 2 aromatic carbocycles. The zero-order chi connectivity index (χ0) is 26.2. The number of carbonyl (C=O) groups is 2. The van der Waals surface area contributed by atoms with Crippen LogP contribution in [0, 0.1) is 11.7 Å². The number of nitrogens with one attached hydrogen (secondary N) is 1. The van der Waals surface area contributed by atoms with Crippen molar-refractivity contribution in [2.75, 3.05) is 11.9 Å². The molecule has 0 saturated carbocycles. The summed E-state index contributed by atoms with van der Waals surface area (Å²) in [6.45, 7) is 4.23. The predicted octanol–water partition coefficient (Wildman–Crippen LogP) is 5.03. The van der Waals surface area contributed by atoms with Crippen LogP contribution in [0.2, 0.25) is 0 Å². The number of nitrogens with zero attached hydrogens (tertiary/aromatic N) is 3. The van der Waals surface area contributed by atoms with Crippen LogP contribution in [-0.4, -0.2) is 39.4 Å². The Kier molecular flexibility index (Phi) is 6.75. The van der Waals surface area contributed by atoms with Gasteiger partial charge in [0.05, 0.1) is 18.2 Å². The Hall–Kier alpha value is -3.89. The highest BCUT2D eigenvalue weighted by Crippen LogP contribution is 2.43. The second-order valence-corrected chi connectivity index (χ2v) is 9.02. The lowest BCUT2D eigenvalue weighted by atomic mass is 9.79. The van der Waals surface area contributed by atoms with Gasteiger partial charge in [-0.3, -0.25) is 14.3 Å². The summed E-state index contributed by atoms with van der Waals surface area (Å²) in [5.41, 5.74) is 1.20. The number of rotatable bonds is 6. The summed E-state index contributed by atoms with van der Waals surface area (Å²) in [4.78, 5) is 28.8. The molecule has 190 valence electrons. The first-order valence-corrected chi connectivity index (χ1v) is 11.2. The van der Waals surface area contributed by atoms with Gasteiger partial charge in [0.2, 0.25) is 5.91 Å². The molecule has 36 heavy (non-hydrogen) atoms. The van der Waals surface area contributed by atoms with E-state index in [9.17, 15) is 27.2 Å². The molecule has 0 saturated heterocycles. The van der Waals surface area contributed by atoms with Crippen molar-refractivity contribution in [1.29, 1.82) is 0 Å². The number of benzene rings is 2. The number of halogens is 4. The summed E-state index contributed by atoms with van der Waals surface area (Å²) >= 11 is 0. The van der Waals surface area contributed by atoms with Gasteiger partial charge in [-0.2, -0.15) is 5.10 Å². The third kappa shape index (κ3) is 5.34. The molecule has 1 aromatic heterocycles. The minimum absolute atomic E-state index is 0.0763. The van der Waals surface area contributed by atoms with Crippen molar-refractivity contribution >= 4 is 17.5 Å². The maximum absolute atomic E-state index is 14.1. The van der Waals surface area contributed by atoms with Gasteiger partial charge < -0.3 is 15.0 Å². The number of fused-ring (bicyclic) bond motifs is 1. The van der Waals surface area contributed by atoms with Crippen molar-refractivity contribution in [3.63, 3.8) is 0 Å². The van der Waals surface area contributed by atoms with Crippen molar-refractivity contribution < 1.29 is 31.9 Å². The zero-order valence-electron chi connectivity index (χ0n) is 19.7. The molecule has 1 N–H and O–H groups in total. The van der Waals surface area contributed by atoms with Gasteiger partial charge in [0.1, 0.15) is 11.6 Å². The Labute approximate surface area is 204 Å². The van der Waals surface area contributed by atoms with Crippen molar-refractivity contribution in [2.45, 2.75) is 32.2 Å². The molecule has 0 aliphatic carbocycles. The summed E-state index contributed by atoms with van der Waals surface area (Å²) in [5, 5.41) is 6.72. The Morgan fingerprint density at radius 1 is 1.19 bits per heavy atom. The van der Waals surface area contributed by atoms with Crippen LogP contribution >= 0.6 is 0 Å². The van der Waals surface area contributed by atoms with E-state index in [0.717, 1.165) is 12.1 Å². The average Bonchev–Trinajstić information content (AvgIpc) is 3.19. The van der Waals surface area contributed by atoms with Gasteiger partial charge >= 0.3 is 6.36 Å². The second kappa shape index (κ2) is 9.63. The van der Waals surface area contributed by atoms with Gasteiger partial charge in [-0.25, -0.2) is 4.39 Å². The van der Waals surface area contributed by atoms with Crippen LogP contribution in [0.15, 0.2) is 54.9 Å². The maximum atomic E-state index is 14.1. The molecule has 0 fully saturated rings. The molecule has 2 atom stereocenters. The fourth-order valence-electron chi connectivity index (χ4n) is 4.48. The van der Waals surface area contributed by atoms with E-state index in [-0.39, 0.29) is 17.5 Å². The number of amides is 2. The number of carbonyl (C=O) groups excluding carboxylic acids is 2. The normalized spacial score (nSPS) is 17.8. The maximum Gasteiger partial charge on any atom is 0.573 e. The van der Waals surface area contributed by atoms with Gasteiger partial charge in [0.25, 0.3) is 5.91 Å². The molecule has 1 aliphatic rings. The second-order valence-electron chi connectivity index (χ2n) is 9.02. The Balaban J connectivity index is 1.78. The smallest absolute Gasteiger partial charge is 0.406 e. The van der Waals surface area contributed by atoms with E-state index in [1.807, 2.05) is 13.8 Å². The van der Waals surface area contributed by atoms with Crippen LogP contribution in [0.1, 0.15) is 47.3 Å². The fraction of sp³-hybridized carbons (Fsp3) is 0.320. The van der Waals surface area contributed by atoms with E-state index in [4.69, 9.17) is 0 Å². The van der Waals surface area contributed by atoms with Gasteiger partial charge in [-0.1, -0.05) is 32.0 Å². The van der Waals surface area contributed by atoms with Gasteiger partial charge in [-0.05, 0) is 23.6 Å². The first-order valence-electron chi connectivity index (χ1n) is 11.2. The Bertz CT molecular complexity index is 1290. The van der Waals surface area contributed by atoms with Crippen LogP contribution in [0.4, 0.5) is 23.2 Å². The molecule has 11 heteroatoms. The number of aromatic nitrogens is 2. The van der Waals surface area contributed by atoms with Gasteiger partial charge in [0, 0.05) is 48.7 Å². The summed E-state index contributed by atoms with van der Waals surface area (Å²) < 4.78 is 57.5. The molecule has 2 amide bonds. The van der Waals surface area contributed by atoms with E-state index in [0.29, 0.717) is 29.3 Å². The van der Waals surface area contributed by atoms with Crippen LogP contribution in [0.25, 0.3) is 0 Å². The Morgan fingerprint density at radius 3 is 2.56 bits per heavy atom. The highest BCUT2D eigenvalue weighted by atomic mass is 19.4. The van der Waals surface area contributed by atoms with Crippen LogP contribution in [0.3, 0.4) is 0 Å². The summed E-state index contributed by atoms with van der Waals surface area (Å²) in [7, 11) is 1.71. The molecule has 0 spiro atoms. The van der Waals surface area contributed by atoms with Crippen LogP contribution < -0.4 is 10.1 Å². The third-order valence-electron chi connectivity index (χ3n) is 5.72. The first kappa shape index (κ1) is 25.2. The van der Waals surface area contributed by atoms with E-state index >= 15 is 0 Å². The highest BCUT2D eigenvalue weighted by molar-refractivity contribution is 6.04. The van der Waals surface area contributed by atoms with E-state index in [1.54, 1.807) is 53.3 Å². The molecule has 0 bridgehead atoms. The van der Waals surface area contributed by atoms with Gasteiger partial charge in [-0.15, -0.1) is 13.2 Å². The molecule has 1 aliphatic heterocycles. The molecule has 4 rings (SSSR count). The summed E-state index contributed by atoms with van der Waals surface area (Å²) in [5.74, 6) is -3.56. The van der Waals surface area contributed by atoms with Crippen molar-refractivity contribution in [3.05, 3.63) is 77.4 Å². The largest absolute Gasteiger partial charge is 0.573 e. The van der Waals surface area contributed by atoms with Crippen molar-refractivity contribution in [1.82, 2.24) is 14.7 Å². The van der Waals surface area contributed by atoms with Crippen molar-refractivity contribution in [2.24, 2.45) is 13.0 Å². The van der Waals surface area contributed by atoms with Crippen LogP contribution in [0.5, 0.6) is 5.75 Å². The molecule has 0 radical (unpaired) electrons. The molecule has 2 unspecified atom stereocenters. The molecule has 3 aromatic rings. The molecular weight excluding hydrogens is 480 g/mol. The Morgan fingerprint density at radius 2 is 1.92 bits per heavy atom. The molecule has 2 heterocycles. The number of hydrogen-bond acceptors (Lipinski definition) is 4. The van der Waals surface area contributed by atoms with Crippen molar-refractivity contribution in [3.8, 4) is 5.75 Å². The summed E-state index contributed by atoms with van der Waals surface area (Å²) in [6, 6.07) is 8.29. The monoisotopic (exact) mass is 504 g/mol. The summed E-state index contributed by atoms with van der Waals surface area (Å²) in [6.07, 6.45) is -1.76. The lowest BCUT2D eigenvalue weighted by Gasteiger charge is -2.42. The fourth-order valence-corrected chi connectivity index (χ4v) is 4.48. The zero-order valence-corrected chi connectivity index (χ0v) is 19.7. The van der Waals surface area contributed by atoms with Gasteiger partial charge in [0.15, 0.2) is 0 Å². The number of ether oxygens (including phenoxy) is 1. The van der Waals surface area contributed by atoms with Crippen LogP contribution in [-0.2, 0) is 11.8 Å². The lowest BCUT2D eigenvalue weighted by Crippen LogP contribution is -2.47. The number of anilines is 1. The minimum atomic E-state index is -5.03. The predicted molar refractivity (Wildman–Crippen MR) is 123 cm³/mol. The molecular formula is C25H24F4N4O3. The average molecular weight is 504 g/mol. The highest BCUT2D eigenvalue weighted by Gasteiger charge is 2.44. The SMILES string of the molecule is CC(C)CN1C(=O)c2ccccc2C(C(=O)Nc2cc(F)cc(OC(F)(F)F)c2)C1c1cnn(C)c1. The first-order chi connectivity index (χ1) is 16.9. The number of alkyl halides is 3. The quantitative estimate of drug-likeness (QED) is 0.478. The number of aryl methyl sites for hydroxylation is 1. The minimum Gasteiger partial charge on any atom is -0.406 e. The standard InChI is InChI=1S/C25H24F4N4O3/c1-14(2)12-33-22(15-11-30-32(3)13-15)21(19-6-4-5-7-20(19)24(33)35)23(34)31-17-8-16(26)9-18(10-17)36-25(27,28)29/h4-11,13-14,21-22H,12H2,1-3H3,(H,31,34). The van der Waals surface area contributed by atoms with E-state index in [1.165, 1.54) is 0 Å². The van der Waals surface area contributed by atoms with E-state index < -0.39 is 35.8 Å². The topological polar surface area (TPSA) is 76.5 Å². The molecule has 7 nitrogen and oxygen atoms in total.